The summed E-state index contributed by atoms with van der Waals surface area (Å²) in [6.45, 7) is 19.9. The van der Waals surface area contributed by atoms with Crippen molar-refractivity contribution < 1.29 is 20.1 Å². The molecule has 3 heterocycles. The molecule has 0 unspecified atom stereocenters. The summed E-state index contributed by atoms with van der Waals surface area (Å²) in [5.41, 5.74) is 10.8. The molecule has 7 rings (SSSR count). The number of benzene rings is 4. The molecule has 0 aliphatic rings. The van der Waals surface area contributed by atoms with Crippen LogP contribution in [0.25, 0.3) is 56.7 Å². The van der Waals surface area contributed by atoms with Crippen molar-refractivity contribution in [1.82, 2.24) is 24.9 Å². The van der Waals surface area contributed by atoms with Gasteiger partial charge in [0.05, 0.1) is 0 Å². The predicted octanol–water partition coefficient (Wildman–Crippen LogP) is 12.2. The van der Waals surface area contributed by atoms with Gasteiger partial charge in [-0.3, -0.25) is 0 Å². The molecule has 0 aliphatic carbocycles. The molecule has 0 atom stereocenters. The zero-order chi connectivity index (χ0) is 38.5. The maximum absolute atomic E-state index is 4.90. The molecule has 7 aromatic rings. The van der Waals surface area contributed by atoms with Gasteiger partial charge in [-0.15, -0.1) is 71.3 Å². The summed E-state index contributed by atoms with van der Waals surface area (Å²) < 4.78 is 0. The molecule has 0 bridgehead atoms. The average molecular weight is 900 g/mol. The van der Waals surface area contributed by atoms with E-state index in [1.165, 1.54) is 16.7 Å². The average Bonchev–Trinajstić information content (AvgIpc) is 3.18. The second-order valence-electron chi connectivity index (χ2n) is 16.6. The topological polar surface area (TPSA) is 64.5 Å². The van der Waals surface area contributed by atoms with Gasteiger partial charge in [0, 0.05) is 49.2 Å². The maximum Gasteiger partial charge on any atom is 0.165 e. The van der Waals surface area contributed by atoms with E-state index >= 15 is 0 Å². The summed E-state index contributed by atoms with van der Waals surface area (Å²) in [6, 6.07) is 47.6. The van der Waals surface area contributed by atoms with Crippen LogP contribution in [0.4, 0.5) is 0 Å². The molecule has 4 aromatic carbocycles. The Morgan fingerprint density at radius 2 is 0.891 bits per heavy atom. The summed E-state index contributed by atoms with van der Waals surface area (Å²) >= 11 is 0. The van der Waals surface area contributed by atoms with E-state index in [1.807, 2.05) is 60.8 Å². The quantitative estimate of drug-likeness (QED) is 0.161. The summed E-state index contributed by atoms with van der Waals surface area (Å²) in [5.74, 6) is 1.89. The molecule has 0 saturated carbocycles. The van der Waals surface area contributed by atoms with Crippen molar-refractivity contribution in [2.45, 2.75) is 78.6 Å². The van der Waals surface area contributed by atoms with Crippen molar-refractivity contribution in [3.63, 3.8) is 0 Å². The molecule has 6 heteroatoms. The van der Waals surface area contributed by atoms with Crippen LogP contribution in [0.3, 0.4) is 0 Å². The summed E-state index contributed by atoms with van der Waals surface area (Å²) in [5, 5.41) is 0. The Kier molecular flexibility index (Phi) is 12.8. The Morgan fingerprint density at radius 3 is 1.31 bits per heavy atom. The minimum Gasteiger partial charge on any atom is -0.305 e. The minimum atomic E-state index is 0. The standard InChI is InChI=1S/C34H33N4.C15H16N.Ir/c1-33(2,3)27-17-12-24(13-18-27)30-36-31(25-14-19-28(20-15-25)34(4,5)6)38-32(37-30)26-16-21-29(35-22-26)23-10-8-7-9-11-23;1-15(2,3)13-9-7-12(8-10-13)14-6-4-5-11-16-14;/h7-10,12-22H,1-6H3;4-7,9-11H,1-3H3;/q2*-1;. The zero-order valence-electron chi connectivity index (χ0n) is 33.3. The van der Waals surface area contributed by atoms with Crippen molar-refractivity contribution in [3.8, 4) is 56.7 Å². The number of pyridine rings is 2. The van der Waals surface area contributed by atoms with Gasteiger partial charge in [-0.25, -0.2) is 15.0 Å². The number of hydrogen-bond acceptors (Lipinski definition) is 5. The van der Waals surface area contributed by atoms with E-state index in [1.54, 1.807) is 6.20 Å². The van der Waals surface area contributed by atoms with Crippen LogP contribution in [0.5, 0.6) is 0 Å². The summed E-state index contributed by atoms with van der Waals surface area (Å²) in [7, 11) is 0. The minimum absolute atomic E-state index is 0. The third kappa shape index (κ3) is 10.5. The summed E-state index contributed by atoms with van der Waals surface area (Å²) in [4.78, 5) is 23.6. The van der Waals surface area contributed by atoms with Crippen LogP contribution in [0.15, 0.2) is 134 Å². The second kappa shape index (κ2) is 17.1. The predicted molar refractivity (Wildman–Crippen MR) is 223 cm³/mol. The first-order chi connectivity index (χ1) is 25.6. The van der Waals surface area contributed by atoms with E-state index in [0.29, 0.717) is 17.5 Å². The second-order valence-corrected chi connectivity index (χ2v) is 16.6. The zero-order valence-corrected chi connectivity index (χ0v) is 35.7. The maximum atomic E-state index is 4.90. The van der Waals surface area contributed by atoms with Crippen LogP contribution in [-0.2, 0) is 36.4 Å². The first-order valence-electron chi connectivity index (χ1n) is 18.5. The van der Waals surface area contributed by atoms with Crippen molar-refractivity contribution in [3.05, 3.63) is 163 Å². The molecule has 0 saturated heterocycles. The monoisotopic (exact) mass is 900 g/mol. The van der Waals surface area contributed by atoms with Gasteiger partial charge >= 0.3 is 0 Å². The molecule has 5 nitrogen and oxygen atoms in total. The molecule has 55 heavy (non-hydrogen) atoms. The van der Waals surface area contributed by atoms with Gasteiger partial charge < -0.3 is 9.97 Å². The smallest absolute Gasteiger partial charge is 0.165 e. The van der Waals surface area contributed by atoms with Crippen molar-refractivity contribution in [2.75, 3.05) is 0 Å². The normalized spacial score (nSPS) is 11.6. The van der Waals surface area contributed by atoms with Gasteiger partial charge in [-0.1, -0.05) is 135 Å². The molecular formula is C49H49IrN5-2. The third-order valence-corrected chi connectivity index (χ3v) is 9.28. The molecule has 0 amide bonds. The van der Waals surface area contributed by atoms with Crippen molar-refractivity contribution in [1.29, 1.82) is 0 Å². The van der Waals surface area contributed by atoms with Crippen LogP contribution in [0.1, 0.15) is 79.0 Å². The van der Waals surface area contributed by atoms with Crippen LogP contribution in [0, 0.1) is 12.1 Å². The molecule has 0 spiro atoms. The Balaban J connectivity index is 0.000000286. The molecular weight excluding hydrogens is 851 g/mol. The molecule has 0 aliphatic heterocycles. The van der Waals surface area contributed by atoms with Gasteiger partial charge in [0.15, 0.2) is 17.5 Å². The fourth-order valence-electron chi connectivity index (χ4n) is 5.81. The van der Waals surface area contributed by atoms with Gasteiger partial charge in [-0.2, -0.15) is 0 Å². The first-order valence-corrected chi connectivity index (χ1v) is 18.5. The van der Waals surface area contributed by atoms with Crippen LogP contribution in [-0.4, -0.2) is 24.9 Å². The SMILES string of the molecule is CC(C)(C)c1c[c-]c(-c2ccccn2)cc1.CC(C)(C)c1ccc(-c2nc(-c3ccc(C(C)(C)C)cc3)nc(-c3ccc(-c4[c-]cccc4)nc3)n2)cc1.[Ir]. The summed E-state index contributed by atoms with van der Waals surface area (Å²) in [6.07, 6.45) is 3.63. The molecule has 3 aromatic heterocycles. The third-order valence-electron chi connectivity index (χ3n) is 9.28. The molecule has 281 valence electrons. The fourth-order valence-corrected chi connectivity index (χ4v) is 5.81. The Morgan fingerprint density at radius 1 is 0.418 bits per heavy atom. The van der Waals surface area contributed by atoms with Gasteiger partial charge in [0.2, 0.25) is 0 Å². The van der Waals surface area contributed by atoms with E-state index in [0.717, 1.165) is 39.2 Å². The van der Waals surface area contributed by atoms with E-state index in [4.69, 9.17) is 15.0 Å². The fraction of sp³-hybridized carbons (Fsp3) is 0.245. The van der Waals surface area contributed by atoms with Gasteiger partial charge in [-0.05, 0) is 44.8 Å². The van der Waals surface area contributed by atoms with Crippen LogP contribution >= 0.6 is 0 Å². The van der Waals surface area contributed by atoms with Gasteiger partial charge in [0.1, 0.15) is 0 Å². The van der Waals surface area contributed by atoms with E-state index < -0.39 is 0 Å². The van der Waals surface area contributed by atoms with Crippen LogP contribution in [0.2, 0.25) is 0 Å². The van der Waals surface area contributed by atoms with Crippen LogP contribution < -0.4 is 0 Å². The Bertz CT molecular complexity index is 2190. The van der Waals surface area contributed by atoms with E-state index in [9.17, 15) is 0 Å². The van der Waals surface area contributed by atoms with Crippen molar-refractivity contribution in [2.24, 2.45) is 0 Å². The number of aromatic nitrogens is 5. The molecule has 0 N–H and O–H groups in total. The molecule has 0 fully saturated rings. The van der Waals surface area contributed by atoms with Crippen molar-refractivity contribution >= 4 is 0 Å². The Hall–Kier alpha value is -5.16. The largest absolute Gasteiger partial charge is 0.305 e. The number of nitrogens with zero attached hydrogens (tertiary/aromatic N) is 5. The Labute approximate surface area is 341 Å². The van der Waals surface area contributed by atoms with E-state index in [-0.39, 0.29) is 36.4 Å². The van der Waals surface area contributed by atoms with E-state index in [2.05, 4.69) is 151 Å². The number of hydrogen-bond donors (Lipinski definition) is 0. The molecule has 1 radical (unpaired) electrons. The number of rotatable bonds is 5. The first kappa shape index (κ1) is 41.0. The van der Waals surface area contributed by atoms with Gasteiger partial charge in [0.25, 0.3) is 0 Å².